The van der Waals surface area contributed by atoms with Gasteiger partial charge in [0, 0.05) is 16.1 Å². The van der Waals surface area contributed by atoms with E-state index in [4.69, 9.17) is 0 Å². The number of sulfonamides is 1. The summed E-state index contributed by atoms with van der Waals surface area (Å²) in [5.74, 6) is -1.57. The van der Waals surface area contributed by atoms with Crippen molar-refractivity contribution >= 4 is 37.3 Å². The molecule has 0 saturated heterocycles. The minimum atomic E-state index is -3.84. The summed E-state index contributed by atoms with van der Waals surface area (Å²) in [6, 6.07) is 3.98. The molecule has 0 saturated carbocycles. The molecule has 108 valence electrons. The van der Waals surface area contributed by atoms with Gasteiger partial charge in [0.1, 0.15) is 15.8 Å². The number of hydrogen-bond donors (Lipinski definition) is 1. The molecule has 3 nitrogen and oxygen atoms in total. The first-order valence-corrected chi connectivity index (χ1v) is 8.67. The van der Waals surface area contributed by atoms with Gasteiger partial charge in [0.05, 0.1) is 0 Å². The zero-order chi connectivity index (χ0) is 14.9. The molecule has 2 rings (SSSR count). The van der Waals surface area contributed by atoms with E-state index in [-0.39, 0.29) is 9.77 Å². The monoisotopic (exact) mass is 381 g/mol. The van der Waals surface area contributed by atoms with Crippen LogP contribution < -0.4 is 4.72 Å². The van der Waals surface area contributed by atoms with Crippen LogP contribution in [0.4, 0.5) is 8.78 Å². The van der Waals surface area contributed by atoms with Gasteiger partial charge < -0.3 is 0 Å². The Labute approximate surface area is 127 Å². The van der Waals surface area contributed by atoms with E-state index in [0.29, 0.717) is 4.47 Å². The molecule has 0 spiro atoms. The Morgan fingerprint density at radius 3 is 2.35 bits per heavy atom. The van der Waals surface area contributed by atoms with Crippen LogP contribution in [0.1, 0.15) is 18.5 Å². The molecule has 20 heavy (non-hydrogen) atoms. The third kappa shape index (κ3) is 3.08. The normalized spacial score (nSPS) is 13.4. The summed E-state index contributed by atoms with van der Waals surface area (Å²) in [7, 11) is -3.84. The van der Waals surface area contributed by atoms with Gasteiger partial charge in [0.25, 0.3) is 10.0 Å². The zero-order valence-corrected chi connectivity index (χ0v) is 13.4. The summed E-state index contributed by atoms with van der Waals surface area (Å²) in [6.07, 6.45) is 0. The molecular weight excluding hydrogens is 372 g/mol. The first-order chi connectivity index (χ1) is 9.33. The SMILES string of the molecule is CC(NS(=O)(=O)c1sccc1Br)c1c(F)cccc1F. The van der Waals surface area contributed by atoms with Crippen molar-refractivity contribution in [1.29, 1.82) is 0 Å². The summed E-state index contributed by atoms with van der Waals surface area (Å²) in [6.45, 7) is 1.39. The Balaban J connectivity index is 2.33. The predicted octanol–water partition coefficient (Wildman–Crippen LogP) is 3.83. The summed E-state index contributed by atoms with van der Waals surface area (Å²) >= 11 is 4.14. The first-order valence-electron chi connectivity index (χ1n) is 5.52. The second kappa shape index (κ2) is 5.88. The van der Waals surface area contributed by atoms with Gasteiger partial charge in [-0.25, -0.2) is 21.9 Å². The van der Waals surface area contributed by atoms with Gasteiger partial charge in [-0.1, -0.05) is 6.07 Å². The molecule has 1 N–H and O–H groups in total. The van der Waals surface area contributed by atoms with Crippen LogP contribution >= 0.6 is 27.3 Å². The van der Waals surface area contributed by atoms with Crippen LogP contribution in [0.5, 0.6) is 0 Å². The van der Waals surface area contributed by atoms with E-state index in [1.54, 1.807) is 11.4 Å². The lowest BCUT2D eigenvalue weighted by atomic mass is 10.1. The quantitative estimate of drug-likeness (QED) is 0.874. The number of thiophene rings is 1. The number of halogens is 3. The third-order valence-electron chi connectivity index (χ3n) is 2.59. The smallest absolute Gasteiger partial charge is 0.207 e. The minimum absolute atomic E-state index is 0.0705. The number of rotatable bonds is 4. The van der Waals surface area contributed by atoms with Crippen LogP contribution in [0.3, 0.4) is 0 Å². The second-order valence-corrected chi connectivity index (χ2v) is 7.71. The number of benzene rings is 1. The molecular formula is C12H10BrF2NO2S2. The highest BCUT2D eigenvalue weighted by molar-refractivity contribution is 9.10. The molecule has 1 aromatic heterocycles. The summed E-state index contributed by atoms with van der Waals surface area (Å²) in [5.41, 5.74) is -0.302. The van der Waals surface area contributed by atoms with Crippen molar-refractivity contribution in [2.75, 3.05) is 0 Å². The minimum Gasteiger partial charge on any atom is -0.207 e. The van der Waals surface area contributed by atoms with Crippen molar-refractivity contribution in [3.8, 4) is 0 Å². The van der Waals surface area contributed by atoms with Crippen LogP contribution in [0.15, 0.2) is 38.3 Å². The Morgan fingerprint density at radius 1 is 1.25 bits per heavy atom. The molecule has 0 aliphatic carbocycles. The fraction of sp³-hybridized carbons (Fsp3) is 0.167. The summed E-state index contributed by atoms with van der Waals surface area (Å²) in [5, 5.41) is 1.60. The maximum Gasteiger partial charge on any atom is 0.251 e. The van der Waals surface area contributed by atoms with Crippen molar-refractivity contribution in [2.45, 2.75) is 17.2 Å². The van der Waals surface area contributed by atoms with Gasteiger partial charge in [-0.05, 0) is 46.4 Å². The molecule has 1 atom stereocenters. The third-order valence-corrected chi connectivity index (χ3v) is 6.80. The second-order valence-electron chi connectivity index (χ2n) is 4.03. The first kappa shape index (κ1) is 15.6. The molecule has 0 radical (unpaired) electrons. The molecule has 1 aromatic carbocycles. The molecule has 0 aliphatic heterocycles. The topological polar surface area (TPSA) is 46.2 Å². The van der Waals surface area contributed by atoms with Gasteiger partial charge in [-0.15, -0.1) is 11.3 Å². The standard InChI is InChI=1S/C12H10BrF2NO2S2/c1-7(11-9(14)3-2-4-10(11)15)16-20(17,18)12-8(13)5-6-19-12/h2-7,16H,1H3. The van der Waals surface area contributed by atoms with E-state index in [2.05, 4.69) is 20.7 Å². The lowest BCUT2D eigenvalue weighted by Gasteiger charge is -2.15. The molecule has 0 fully saturated rings. The molecule has 8 heteroatoms. The average molecular weight is 382 g/mol. The Kier molecular flexibility index (Phi) is 4.58. The lowest BCUT2D eigenvalue weighted by molar-refractivity contribution is 0.515. The maximum absolute atomic E-state index is 13.6. The van der Waals surface area contributed by atoms with Crippen LogP contribution in [0, 0.1) is 11.6 Å². The Morgan fingerprint density at radius 2 is 1.85 bits per heavy atom. The number of hydrogen-bond acceptors (Lipinski definition) is 3. The highest BCUT2D eigenvalue weighted by Crippen LogP contribution is 2.29. The van der Waals surface area contributed by atoms with Crippen LogP contribution in [0.25, 0.3) is 0 Å². The largest absolute Gasteiger partial charge is 0.251 e. The van der Waals surface area contributed by atoms with Crippen molar-refractivity contribution in [3.63, 3.8) is 0 Å². The zero-order valence-electron chi connectivity index (χ0n) is 10.2. The molecule has 0 aliphatic rings. The van der Waals surface area contributed by atoms with Gasteiger partial charge in [-0.3, -0.25) is 0 Å². The van der Waals surface area contributed by atoms with Crippen LogP contribution in [-0.2, 0) is 10.0 Å². The van der Waals surface area contributed by atoms with Crippen molar-refractivity contribution in [1.82, 2.24) is 4.72 Å². The van der Waals surface area contributed by atoms with Crippen molar-refractivity contribution in [3.05, 3.63) is 51.3 Å². The fourth-order valence-electron chi connectivity index (χ4n) is 1.74. The predicted molar refractivity (Wildman–Crippen MR) is 77.1 cm³/mol. The van der Waals surface area contributed by atoms with Crippen molar-refractivity contribution < 1.29 is 17.2 Å². The van der Waals surface area contributed by atoms with Crippen molar-refractivity contribution in [2.24, 2.45) is 0 Å². The Hall–Kier alpha value is -0.830. The lowest BCUT2D eigenvalue weighted by Crippen LogP contribution is -2.27. The highest BCUT2D eigenvalue weighted by atomic mass is 79.9. The fourth-order valence-corrected chi connectivity index (χ4v) is 5.31. The molecule has 0 bridgehead atoms. The van der Waals surface area contributed by atoms with E-state index >= 15 is 0 Å². The van der Waals surface area contributed by atoms with Gasteiger partial charge in [0.15, 0.2) is 0 Å². The van der Waals surface area contributed by atoms with Gasteiger partial charge >= 0.3 is 0 Å². The van der Waals surface area contributed by atoms with E-state index < -0.39 is 27.7 Å². The van der Waals surface area contributed by atoms with Crippen LogP contribution in [0.2, 0.25) is 0 Å². The number of nitrogens with one attached hydrogen (secondary N) is 1. The van der Waals surface area contributed by atoms with Crippen LogP contribution in [-0.4, -0.2) is 8.42 Å². The molecule has 1 unspecified atom stereocenters. The Bertz CT molecular complexity index is 711. The van der Waals surface area contributed by atoms with E-state index in [1.165, 1.54) is 13.0 Å². The maximum atomic E-state index is 13.6. The van der Waals surface area contributed by atoms with E-state index in [0.717, 1.165) is 23.5 Å². The summed E-state index contributed by atoms with van der Waals surface area (Å²) < 4.78 is 54.3. The molecule has 2 aromatic rings. The highest BCUT2D eigenvalue weighted by Gasteiger charge is 2.25. The average Bonchev–Trinajstić information content (AvgIpc) is 2.75. The molecule has 1 heterocycles. The van der Waals surface area contributed by atoms with Gasteiger partial charge in [-0.2, -0.15) is 0 Å². The van der Waals surface area contributed by atoms with E-state index in [1.807, 2.05) is 0 Å². The summed E-state index contributed by atoms with van der Waals surface area (Å²) in [4.78, 5) is 0. The van der Waals surface area contributed by atoms with E-state index in [9.17, 15) is 17.2 Å². The molecule has 0 amide bonds. The van der Waals surface area contributed by atoms with Gasteiger partial charge in [0.2, 0.25) is 0 Å².